The van der Waals surface area contributed by atoms with Crippen molar-refractivity contribution in [3.63, 3.8) is 0 Å². The normalized spacial score (nSPS) is 15.8. The molecule has 1 saturated heterocycles. The third-order valence-electron chi connectivity index (χ3n) is 4.15. The van der Waals surface area contributed by atoms with Gasteiger partial charge in [0.25, 0.3) is 5.91 Å². The van der Waals surface area contributed by atoms with E-state index < -0.39 is 6.04 Å². The lowest BCUT2D eigenvalue weighted by Crippen LogP contribution is -2.42. The maximum Gasteiger partial charge on any atom is 0.253 e. The van der Waals surface area contributed by atoms with E-state index in [0.717, 1.165) is 11.3 Å². The number of hydrogen-bond donors (Lipinski definition) is 3. The van der Waals surface area contributed by atoms with Crippen LogP contribution in [0.5, 0.6) is 0 Å². The lowest BCUT2D eigenvalue weighted by atomic mass is 10.1. The summed E-state index contributed by atoms with van der Waals surface area (Å²) in [6, 6.07) is 4.71. The number of aromatic nitrogens is 4. The molecule has 3 rings (SSSR count). The Kier molecular flexibility index (Phi) is 5.54. The Morgan fingerprint density at radius 3 is 3.04 bits per heavy atom. The van der Waals surface area contributed by atoms with Crippen molar-refractivity contribution in [1.29, 1.82) is 0 Å². The molecule has 1 aromatic heterocycles. The van der Waals surface area contributed by atoms with Crippen LogP contribution in [0.15, 0.2) is 18.2 Å². The summed E-state index contributed by atoms with van der Waals surface area (Å²) < 4.78 is 5.15. The predicted octanol–water partition coefficient (Wildman–Crippen LogP) is -0.230. The fourth-order valence-corrected chi connectivity index (χ4v) is 2.75. The van der Waals surface area contributed by atoms with Gasteiger partial charge in [0.15, 0.2) is 5.82 Å². The summed E-state index contributed by atoms with van der Waals surface area (Å²) in [6.07, 6.45) is 0.868. The number of nitrogens with two attached hydrogens (primary N) is 1. The molecule has 0 bridgehead atoms. The van der Waals surface area contributed by atoms with Gasteiger partial charge in [-0.3, -0.25) is 9.59 Å². The number of benzene rings is 1. The number of H-pyrrole nitrogens is 1. The first kappa shape index (κ1) is 18.0. The molecule has 1 atom stereocenters. The minimum atomic E-state index is -0.686. The van der Waals surface area contributed by atoms with Crippen LogP contribution in [0.3, 0.4) is 0 Å². The molecular formula is C16H21N7O3. The zero-order valence-corrected chi connectivity index (χ0v) is 14.4. The summed E-state index contributed by atoms with van der Waals surface area (Å²) in [6.45, 7) is 3.02. The highest BCUT2D eigenvalue weighted by atomic mass is 16.5. The van der Waals surface area contributed by atoms with E-state index in [-0.39, 0.29) is 18.4 Å². The molecule has 2 aromatic rings. The van der Waals surface area contributed by atoms with E-state index in [4.69, 9.17) is 10.5 Å². The first-order chi connectivity index (χ1) is 12.5. The van der Waals surface area contributed by atoms with Gasteiger partial charge in [0.2, 0.25) is 5.91 Å². The van der Waals surface area contributed by atoms with Crippen LogP contribution in [-0.4, -0.2) is 58.2 Å². The lowest BCUT2D eigenvalue weighted by Gasteiger charge is -2.28. The summed E-state index contributed by atoms with van der Waals surface area (Å²) in [7, 11) is 0. The van der Waals surface area contributed by atoms with Crippen LogP contribution in [0.25, 0.3) is 0 Å². The van der Waals surface area contributed by atoms with E-state index in [1.54, 1.807) is 11.0 Å². The fraction of sp³-hybridized carbons (Fsp3) is 0.438. The van der Waals surface area contributed by atoms with Crippen LogP contribution in [-0.2, 0) is 20.7 Å². The third kappa shape index (κ3) is 4.21. The van der Waals surface area contributed by atoms with Crippen molar-refractivity contribution in [2.75, 3.05) is 30.0 Å². The molecule has 1 aromatic carbocycles. The second-order valence-corrected chi connectivity index (χ2v) is 6.06. The first-order valence-corrected chi connectivity index (χ1v) is 8.32. The molecule has 0 saturated carbocycles. The number of hydrogen-bond acceptors (Lipinski definition) is 7. The minimum absolute atomic E-state index is 0.0698. The van der Waals surface area contributed by atoms with E-state index in [1.165, 1.54) is 0 Å². The molecule has 1 fully saturated rings. The molecule has 0 aliphatic carbocycles. The monoisotopic (exact) mass is 359 g/mol. The van der Waals surface area contributed by atoms with Crippen molar-refractivity contribution in [3.05, 3.63) is 29.6 Å². The summed E-state index contributed by atoms with van der Waals surface area (Å²) >= 11 is 0. The number of nitrogens with zero attached hydrogens (tertiary/aromatic N) is 4. The number of tetrazole rings is 1. The van der Waals surface area contributed by atoms with Gasteiger partial charge in [0.05, 0.1) is 12.6 Å². The van der Waals surface area contributed by atoms with E-state index >= 15 is 0 Å². The van der Waals surface area contributed by atoms with Gasteiger partial charge >= 0.3 is 0 Å². The van der Waals surface area contributed by atoms with Crippen molar-refractivity contribution < 1.29 is 14.3 Å². The first-order valence-electron chi connectivity index (χ1n) is 8.32. The number of carbonyl (C=O) groups excluding carboxylic acids is 2. The molecule has 10 heteroatoms. The lowest BCUT2D eigenvalue weighted by molar-refractivity contribution is -0.125. The van der Waals surface area contributed by atoms with Crippen LogP contribution in [0.4, 0.5) is 11.4 Å². The molecule has 1 unspecified atom stereocenters. The molecule has 2 amide bonds. The van der Waals surface area contributed by atoms with Crippen LogP contribution in [0.2, 0.25) is 0 Å². The highest BCUT2D eigenvalue weighted by molar-refractivity contribution is 5.97. The average Bonchev–Trinajstić information content (AvgIpc) is 3.14. The molecule has 138 valence electrons. The maximum absolute atomic E-state index is 12.2. The minimum Gasteiger partial charge on any atom is -0.370 e. The summed E-state index contributed by atoms with van der Waals surface area (Å²) in [5.41, 5.74) is 8.26. The molecule has 4 N–H and O–H groups in total. The van der Waals surface area contributed by atoms with Crippen LogP contribution < -0.4 is 16.0 Å². The topological polar surface area (TPSA) is 139 Å². The Bertz CT molecular complexity index is 778. The summed E-state index contributed by atoms with van der Waals surface area (Å²) in [5.74, 6) is 0.159. The van der Waals surface area contributed by atoms with Crippen LogP contribution in [0, 0.1) is 6.92 Å². The fourth-order valence-electron chi connectivity index (χ4n) is 2.75. The van der Waals surface area contributed by atoms with Gasteiger partial charge in [-0.15, -0.1) is 10.2 Å². The van der Waals surface area contributed by atoms with Crippen molar-refractivity contribution in [1.82, 2.24) is 20.6 Å². The summed E-state index contributed by atoms with van der Waals surface area (Å²) in [5, 5.41) is 16.3. The Hall–Kier alpha value is -2.85. The second kappa shape index (κ2) is 8.02. The van der Waals surface area contributed by atoms with Gasteiger partial charge in [-0.05, 0) is 37.1 Å². The number of rotatable bonds is 6. The zero-order chi connectivity index (χ0) is 18.5. The van der Waals surface area contributed by atoms with Crippen molar-refractivity contribution in [3.8, 4) is 0 Å². The van der Waals surface area contributed by atoms with Gasteiger partial charge in [0, 0.05) is 24.3 Å². The maximum atomic E-state index is 12.2. The highest BCUT2D eigenvalue weighted by Crippen LogP contribution is 2.25. The van der Waals surface area contributed by atoms with Crippen molar-refractivity contribution >= 4 is 23.2 Å². The molecular weight excluding hydrogens is 338 g/mol. The Balaban J connectivity index is 1.59. The smallest absolute Gasteiger partial charge is 0.253 e. The van der Waals surface area contributed by atoms with Crippen LogP contribution in [0.1, 0.15) is 17.8 Å². The number of aromatic amines is 1. The zero-order valence-electron chi connectivity index (χ0n) is 14.4. The van der Waals surface area contributed by atoms with Gasteiger partial charge in [-0.2, -0.15) is 5.21 Å². The van der Waals surface area contributed by atoms with Crippen LogP contribution >= 0.6 is 0 Å². The van der Waals surface area contributed by atoms with Gasteiger partial charge < -0.3 is 20.7 Å². The SMILES string of the molecule is Cc1cc(NC(=O)C(N)CCc2nn[nH]n2)ccc1N1CCOCC1=O. The van der Waals surface area contributed by atoms with E-state index in [1.807, 2.05) is 19.1 Å². The second-order valence-electron chi connectivity index (χ2n) is 6.06. The van der Waals surface area contributed by atoms with E-state index in [9.17, 15) is 9.59 Å². The Labute approximate surface area is 150 Å². The number of anilines is 2. The summed E-state index contributed by atoms with van der Waals surface area (Å²) in [4.78, 5) is 25.9. The molecule has 26 heavy (non-hydrogen) atoms. The number of amides is 2. The quantitative estimate of drug-likeness (QED) is 0.647. The van der Waals surface area contributed by atoms with Crippen molar-refractivity contribution in [2.45, 2.75) is 25.8 Å². The Morgan fingerprint density at radius 1 is 1.50 bits per heavy atom. The molecule has 0 radical (unpaired) electrons. The molecule has 1 aliphatic rings. The highest BCUT2D eigenvalue weighted by Gasteiger charge is 2.22. The average molecular weight is 359 g/mol. The molecule has 2 heterocycles. The van der Waals surface area contributed by atoms with Gasteiger partial charge in [0.1, 0.15) is 6.61 Å². The molecule has 10 nitrogen and oxygen atoms in total. The predicted molar refractivity (Wildman–Crippen MR) is 93.5 cm³/mol. The number of nitrogens with one attached hydrogen (secondary N) is 2. The third-order valence-corrected chi connectivity index (χ3v) is 4.15. The number of carbonyl (C=O) groups is 2. The standard InChI is InChI=1S/C16H21N7O3/c1-10-8-11(2-4-13(10)23-6-7-26-9-15(23)24)18-16(25)12(17)3-5-14-19-21-22-20-14/h2,4,8,12H,3,5-7,9,17H2,1H3,(H,18,25)(H,19,20,21,22). The van der Waals surface area contributed by atoms with Crippen molar-refractivity contribution in [2.24, 2.45) is 5.73 Å². The Morgan fingerprint density at radius 2 is 2.35 bits per heavy atom. The molecule has 1 aliphatic heterocycles. The number of morpholine rings is 1. The largest absolute Gasteiger partial charge is 0.370 e. The number of ether oxygens (including phenoxy) is 1. The van der Waals surface area contributed by atoms with Gasteiger partial charge in [-0.1, -0.05) is 5.21 Å². The van der Waals surface area contributed by atoms with E-state index in [0.29, 0.717) is 37.5 Å². The number of aryl methyl sites for hydroxylation is 2. The van der Waals surface area contributed by atoms with E-state index in [2.05, 4.69) is 25.9 Å². The van der Waals surface area contributed by atoms with Gasteiger partial charge in [-0.25, -0.2) is 0 Å². The molecule has 0 spiro atoms.